The zero-order valence-corrected chi connectivity index (χ0v) is 18.0. The standard InChI is InChI=1S/C16H13ClF3N3O3S3/c1-23-14(16(18,19)20)9-12(21-23)13-7-8-15(27-13)29(25,26)22-28(2,24)11-5-3-10(17)4-6-11/h3-9H,1-2H3/t28-/m1/s1. The Hall–Kier alpha value is -1.89. The highest BCUT2D eigenvalue weighted by atomic mass is 35.5. The summed E-state index contributed by atoms with van der Waals surface area (Å²) in [5, 5.41) is 4.18. The molecule has 0 radical (unpaired) electrons. The van der Waals surface area contributed by atoms with Gasteiger partial charge in [-0.25, -0.2) is 4.21 Å². The molecule has 156 valence electrons. The van der Waals surface area contributed by atoms with Crippen molar-refractivity contribution in [2.75, 3.05) is 6.26 Å². The van der Waals surface area contributed by atoms with Crippen molar-refractivity contribution in [3.8, 4) is 10.6 Å². The molecule has 13 heteroatoms. The first-order valence-electron chi connectivity index (χ1n) is 7.75. The van der Waals surface area contributed by atoms with Gasteiger partial charge in [-0.05, 0) is 42.5 Å². The minimum atomic E-state index is -4.59. The summed E-state index contributed by atoms with van der Waals surface area (Å²) in [5.74, 6) is 0. The van der Waals surface area contributed by atoms with Crippen molar-refractivity contribution in [1.82, 2.24) is 9.78 Å². The summed E-state index contributed by atoms with van der Waals surface area (Å²) in [6.45, 7) is 0. The molecule has 2 aromatic heterocycles. The number of halogens is 4. The highest BCUT2D eigenvalue weighted by molar-refractivity contribution is 8.03. The third-order valence-corrected chi connectivity index (χ3v) is 9.50. The topological polar surface area (TPSA) is 81.4 Å². The maximum atomic E-state index is 12.9. The van der Waals surface area contributed by atoms with Crippen molar-refractivity contribution in [2.45, 2.75) is 15.3 Å². The molecule has 0 aliphatic rings. The molecule has 0 saturated carbocycles. The van der Waals surface area contributed by atoms with Crippen LogP contribution in [0.25, 0.3) is 10.6 Å². The molecular weight excluding hydrogens is 471 g/mol. The summed E-state index contributed by atoms with van der Waals surface area (Å²) in [6, 6.07) is 9.10. The number of sulfonamides is 1. The number of nitrogens with zero attached hydrogens (tertiary/aromatic N) is 3. The van der Waals surface area contributed by atoms with Crippen LogP contribution < -0.4 is 0 Å². The lowest BCUT2D eigenvalue weighted by molar-refractivity contribution is -0.143. The Morgan fingerprint density at radius 3 is 2.28 bits per heavy atom. The molecule has 1 atom stereocenters. The van der Waals surface area contributed by atoms with Gasteiger partial charge in [0, 0.05) is 23.2 Å². The van der Waals surface area contributed by atoms with E-state index in [9.17, 15) is 25.8 Å². The van der Waals surface area contributed by atoms with Crippen LogP contribution in [0.1, 0.15) is 5.69 Å². The van der Waals surface area contributed by atoms with Crippen LogP contribution in [0.4, 0.5) is 13.2 Å². The minimum Gasteiger partial charge on any atom is -0.263 e. The Morgan fingerprint density at radius 1 is 1.10 bits per heavy atom. The molecule has 0 spiro atoms. The number of hydrogen-bond donors (Lipinski definition) is 0. The molecule has 0 saturated heterocycles. The molecular formula is C16H13ClF3N3O3S3. The molecule has 3 aromatic rings. The summed E-state index contributed by atoms with van der Waals surface area (Å²) in [4.78, 5) is 0.390. The van der Waals surface area contributed by atoms with Crippen molar-refractivity contribution in [3.63, 3.8) is 0 Å². The fraction of sp³-hybridized carbons (Fsp3) is 0.188. The smallest absolute Gasteiger partial charge is 0.263 e. The summed E-state index contributed by atoms with van der Waals surface area (Å²) < 4.78 is 80.8. The molecule has 0 unspecified atom stereocenters. The van der Waals surface area contributed by atoms with Gasteiger partial charge < -0.3 is 0 Å². The lowest BCUT2D eigenvalue weighted by Gasteiger charge is -2.04. The molecule has 29 heavy (non-hydrogen) atoms. The number of benzene rings is 1. The molecule has 6 nitrogen and oxygen atoms in total. The Bertz CT molecular complexity index is 1290. The Balaban J connectivity index is 1.99. The van der Waals surface area contributed by atoms with E-state index in [1.54, 1.807) is 0 Å². The van der Waals surface area contributed by atoms with Gasteiger partial charge in [0.05, 0.1) is 14.6 Å². The van der Waals surface area contributed by atoms with Crippen molar-refractivity contribution in [1.29, 1.82) is 0 Å². The van der Waals surface area contributed by atoms with Crippen molar-refractivity contribution < 1.29 is 25.8 Å². The van der Waals surface area contributed by atoms with Crippen LogP contribution in [-0.4, -0.2) is 28.7 Å². The number of thiophene rings is 1. The van der Waals surface area contributed by atoms with Crippen LogP contribution >= 0.6 is 22.9 Å². The summed E-state index contributed by atoms with van der Waals surface area (Å²) in [7, 11) is -6.47. The molecule has 0 fully saturated rings. The van der Waals surface area contributed by atoms with E-state index in [0.29, 0.717) is 21.0 Å². The molecule has 0 aliphatic carbocycles. The van der Waals surface area contributed by atoms with Crippen LogP contribution in [-0.2, 0) is 33.0 Å². The number of aryl methyl sites for hydroxylation is 1. The van der Waals surface area contributed by atoms with Crippen LogP contribution in [0.5, 0.6) is 0 Å². The predicted molar refractivity (Wildman–Crippen MR) is 105 cm³/mol. The molecule has 2 heterocycles. The lowest BCUT2D eigenvalue weighted by atomic mass is 10.3. The van der Waals surface area contributed by atoms with Crippen molar-refractivity contribution >= 4 is 42.7 Å². The second kappa shape index (κ2) is 7.42. The van der Waals surface area contributed by atoms with Gasteiger partial charge in [0.25, 0.3) is 10.0 Å². The van der Waals surface area contributed by atoms with Crippen molar-refractivity contribution in [3.05, 3.63) is 53.2 Å². The SMILES string of the molecule is Cn1nc(-c2ccc(S(=O)(=O)N=[S@](C)(=O)c3ccc(Cl)cc3)s2)cc1C(F)(F)F. The summed E-state index contributed by atoms with van der Waals surface area (Å²) >= 11 is 6.47. The summed E-state index contributed by atoms with van der Waals surface area (Å²) in [6.07, 6.45) is -3.41. The fourth-order valence-corrected chi connectivity index (χ4v) is 7.20. The zero-order valence-electron chi connectivity index (χ0n) is 14.8. The highest BCUT2D eigenvalue weighted by Crippen LogP contribution is 2.35. The number of alkyl halides is 3. The van der Waals surface area contributed by atoms with E-state index < -0.39 is 31.6 Å². The average molecular weight is 484 g/mol. The predicted octanol–water partition coefficient (Wildman–Crippen LogP) is 4.67. The number of rotatable bonds is 4. The van der Waals surface area contributed by atoms with Gasteiger partial charge in [0.15, 0.2) is 0 Å². The van der Waals surface area contributed by atoms with Crippen LogP contribution in [0.2, 0.25) is 5.02 Å². The van der Waals surface area contributed by atoms with E-state index in [1.165, 1.54) is 42.7 Å². The Labute approximate surface area is 174 Å². The normalized spacial score (nSPS) is 14.6. The second-order valence-corrected chi connectivity index (χ2v) is 11.8. The lowest BCUT2D eigenvalue weighted by Crippen LogP contribution is -2.11. The van der Waals surface area contributed by atoms with Gasteiger partial charge in [-0.3, -0.25) is 4.68 Å². The minimum absolute atomic E-state index is 0.0267. The first-order chi connectivity index (χ1) is 13.3. The molecule has 1 aromatic carbocycles. The molecule has 3 rings (SSSR count). The second-order valence-electron chi connectivity index (χ2n) is 5.96. The van der Waals surface area contributed by atoms with E-state index in [-0.39, 0.29) is 19.7 Å². The Kier molecular flexibility index (Phi) is 5.58. The van der Waals surface area contributed by atoms with Crippen LogP contribution in [0.3, 0.4) is 0 Å². The molecule has 0 bridgehead atoms. The van der Waals surface area contributed by atoms with Gasteiger partial charge >= 0.3 is 6.18 Å². The Morgan fingerprint density at radius 2 is 1.72 bits per heavy atom. The molecule has 0 aliphatic heterocycles. The quantitative estimate of drug-likeness (QED) is 0.540. The molecule has 0 N–H and O–H groups in total. The first-order valence-corrected chi connectivity index (χ1v) is 12.3. The van der Waals surface area contributed by atoms with Gasteiger partial charge in [0.2, 0.25) is 0 Å². The van der Waals surface area contributed by atoms with E-state index in [4.69, 9.17) is 11.6 Å². The van der Waals surface area contributed by atoms with Crippen LogP contribution in [0.15, 0.2) is 55.3 Å². The van der Waals surface area contributed by atoms with Gasteiger partial charge in [-0.1, -0.05) is 11.6 Å². The monoisotopic (exact) mass is 483 g/mol. The van der Waals surface area contributed by atoms with Gasteiger partial charge in [-0.2, -0.15) is 26.7 Å². The third kappa shape index (κ3) is 4.65. The van der Waals surface area contributed by atoms with Crippen LogP contribution in [0, 0.1) is 0 Å². The number of hydrogen-bond acceptors (Lipinski definition) is 5. The van der Waals surface area contributed by atoms with Gasteiger partial charge in [0.1, 0.15) is 15.6 Å². The number of aromatic nitrogens is 2. The van der Waals surface area contributed by atoms with E-state index in [1.807, 2.05) is 0 Å². The average Bonchev–Trinajstić information content (AvgIpc) is 3.20. The van der Waals surface area contributed by atoms with E-state index >= 15 is 0 Å². The van der Waals surface area contributed by atoms with Crippen molar-refractivity contribution in [2.24, 2.45) is 10.8 Å². The fourth-order valence-electron chi connectivity index (χ4n) is 2.40. The maximum absolute atomic E-state index is 12.9. The molecule has 0 amide bonds. The van der Waals surface area contributed by atoms with Gasteiger partial charge in [-0.15, -0.1) is 15.1 Å². The first kappa shape index (κ1) is 21.8. The third-order valence-electron chi connectivity index (χ3n) is 3.75. The largest absolute Gasteiger partial charge is 0.433 e. The zero-order chi connectivity index (χ0) is 21.6. The van der Waals surface area contributed by atoms with E-state index in [2.05, 4.69) is 8.87 Å². The summed E-state index contributed by atoms with van der Waals surface area (Å²) in [5.41, 5.74) is -0.990. The maximum Gasteiger partial charge on any atom is 0.433 e. The highest BCUT2D eigenvalue weighted by Gasteiger charge is 2.35. The van der Waals surface area contributed by atoms with E-state index in [0.717, 1.165) is 13.1 Å².